The molecule has 2 amide bonds. The first kappa shape index (κ1) is 28.9. The lowest BCUT2D eigenvalue weighted by Crippen LogP contribution is -2.55. The number of anilines is 1. The standard InChI is InChI=1S/C33H33FN4O4S/c34-26-9-6-24(7-10-26)22-37-29-21-25(8-15-30(29)43-31(33(37)40)20-23-4-2-1-3-5-23)32(39)36-18-16-35(17-19-36)27-11-13-28(14-12-27)38(41)42/h1-7,9-14,20,25,29-30H,8,15-19,21-22H2/b31-20-. The first-order valence-corrected chi connectivity index (χ1v) is 15.5. The Bertz CT molecular complexity index is 1510. The molecule has 3 aliphatic rings. The van der Waals surface area contributed by atoms with Crippen molar-refractivity contribution in [3.05, 3.63) is 111 Å². The lowest BCUT2D eigenvalue weighted by molar-refractivity contribution is -0.384. The van der Waals surface area contributed by atoms with Gasteiger partial charge in [-0.2, -0.15) is 0 Å². The molecule has 6 rings (SSSR count). The van der Waals surface area contributed by atoms with Crippen molar-refractivity contribution in [2.75, 3.05) is 31.1 Å². The second kappa shape index (κ2) is 12.6. The first-order chi connectivity index (χ1) is 20.9. The number of non-ortho nitro benzene ring substituents is 1. The van der Waals surface area contributed by atoms with Crippen molar-refractivity contribution in [1.82, 2.24) is 9.80 Å². The van der Waals surface area contributed by atoms with E-state index < -0.39 is 4.92 Å². The highest BCUT2D eigenvalue weighted by atomic mass is 32.2. The maximum absolute atomic E-state index is 13.9. The van der Waals surface area contributed by atoms with Crippen LogP contribution in [0.2, 0.25) is 0 Å². The van der Waals surface area contributed by atoms with Crippen LogP contribution in [0.1, 0.15) is 30.4 Å². The fraction of sp³-hybridized carbons (Fsp3) is 0.333. The number of nitro benzene ring substituents is 1. The number of amides is 2. The Morgan fingerprint density at radius 2 is 1.65 bits per heavy atom. The van der Waals surface area contributed by atoms with Crippen LogP contribution in [-0.2, 0) is 16.1 Å². The minimum absolute atomic E-state index is 0.0516. The van der Waals surface area contributed by atoms with E-state index in [1.807, 2.05) is 46.2 Å². The number of nitro groups is 1. The van der Waals surface area contributed by atoms with Gasteiger partial charge in [-0.05, 0) is 60.7 Å². The minimum atomic E-state index is -0.408. The Labute approximate surface area is 254 Å². The van der Waals surface area contributed by atoms with Gasteiger partial charge in [0.05, 0.1) is 9.83 Å². The molecule has 2 aliphatic heterocycles. The minimum Gasteiger partial charge on any atom is -0.368 e. The maximum Gasteiger partial charge on any atom is 0.269 e. The molecule has 0 aromatic heterocycles. The molecule has 0 radical (unpaired) electrons. The number of rotatable bonds is 6. The fourth-order valence-corrected chi connectivity index (χ4v) is 7.73. The van der Waals surface area contributed by atoms with Gasteiger partial charge in [0, 0.05) is 67.8 Å². The number of carbonyl (C=O) groups excluding carboxylic acids is 2. The number of piperazine rings is 1. The summed E-state index contributed by atoms with van der Waals surface area (Å²) in [4.78, 5) is 44.9. The summed E-state index contributed by atoms with van der Waals surface area (Å²) in [6, 6.07) is 22.5. The molecular weight excluding hydrogens is 567 g/mol. The molecule has 3 aromatic rings. The molecule has 3 atom stereocenters. The van der Waals surface area contributed by atoms with Crippen LogP contribution in [-0.4, -0.2) is 64.0 Å². The van der Waals surface area contributed by atoms with Gasteiger partial charge >= 0.3 is 0 Å². The number of carbonyl (C=O) groups is 2. The predicted molar refractivity (Wildman–Crippen MR) is 166 cm³/mol. The summed E-state index contributed by atoms with van der Waals surface area (Å²) in [5, 5.41) is 11.2. The molecule has 8 nitrogen and oxygen atoms in total. The molecule has 3 aromatic carbocycles. The molecule has 1 saturated carbocycles. The van der Waals surface area contributed by atoms with E-state index in [0.29, 0.717) is 44.0 Å². The quantitative estimate of drug-likeness (QED) is 0.204. The zero-order valence-corrected chi connectivity index (χ0v) is 24.5. The van der Waals surface area contributed by atoms with Crippen LogP contribution in [0.5, 0.6) is 0 Å². The molecule has 1 aliphatic carbocycles. The van der Waals surface area contributed by atoms with E-state index in [4.69, 9.17) is 0 Å². The molecular formula is C33H33FN4O4S. The predicted octanol–water partition coefficient (Wildman–Crippen LogP) is 5.74. The van der Waals surface area contributed by atoms with Gasteiger partial charge in [-0.15, -0.1) is 11.8 Å². The van der Waals surface area contributed by atoms with Gasteiger partial charge in [-0.25, -0.2) is 4.39 Å². The number of thioether (sulfide) groups is 1. The summed E-state index contributed by atoms with van der Waals surface area (Å²) in [6.07, 6.45) is 4.15. The molecule has 2 heterocycles. The summed E-state index contributed by atoms with van der Waals surface area (Å²) >= 11 is 1.62. The lowest BCUT2D eigenvalue weighted by atomic mass is 9.83. The fourth-order valence-electron chi connectivity index (χ4n) is 6.31. The average Bonchev–Trinajstić information content (AvgIpc) is 3.04. The van der Waals surface area contributed by atoms with Crippen molar-refractivity contribution in [3.63, 3.8) is 0 Å². The van der Waals surface area contributed by atoms with E-state index in [1.165, 1.54) is 24.3 Å². The third kappa shape index (κ3) is 6.44. The Morgan fingerprint density at radius 3 is 2.33 bits per heavy atom. The van der Waals surface area contributed by atoms with Crippen LogP contribution in [0, 0.1) is 21.8 Å². The number of benzene rings is 3. The Morgan fingerprint density at radius 1 is 0.953 bits per heavy atom. The number of hydrogen-bond acceptors (Lipinski definition) is 6. The SMILES string of the molecule is O=C(C1CCC2S/C(=C\c3ccccc3)C(=O)N(Cc3ccc(F)cc3)C2C1)N1CCN(c2ccc([N+](=O)[O-])cc2)CC1. The van der Waals surface area contributed by atoms with Crippen molar-refractivity contribution in [2.45, 2.75) is 37.1 Å². The number of halogens is 1. The van der Waals surface area contributed by atoms with Crippen molar-refractivity contribution in [3.8, 4) is 0 Å². The zero-order chi connectivity index (χ0) is 29.9. The molecule has 10 heteroatoms. The molecule has 222 valence electrons. The average molecular weight is 601 g/mol. The summed E-state index contributed by atoms with van der Waals surface area (Å²) in [6.45, 7) is 2.83. The van der Waals surface area contributed by atoms with Crippen LogP contribution in [0.4, 0.5) is 15.8 Å². The molecule has 0 N–H and O–H groups in total. The van der Waals surface area contributed by atoms with Gasteiger partial charge in [0.1, 0.15) is 5.82 Å². The van der Waals surface area contributed by atoms with Crippen LogP contribution in [0.3, 0.4) is 0 Å². The second-order valence-electron chi connectivity index (χ2n) is 11.3. The highest BCUT2D eigenvalue weighted by Gasteiger charge is 2.45. The van der Waals surface area contributed by atoms with Gasteiger partial charge in [0.25, 0.3) is 11.6 Å². The van der Waals surface area contributed by atoms with Crippen molar-refractivity contribution in [1.29, 1.82) is 0 Å². The van der Waals surface area contributed by atoms with Crippen molar-refractivity contribution < 1.29 is 18.9 Å². The van der Waals surface area contributed by atoms with Gasteiger partial charge in [-0.3, -0.25) is 19.7 Å². The molecule has 3 fully saturated rings. The lowest BCUT2D eigenvalue weighted by Gasteiger charge is -2.47. The highest BCUT2D eigenvalue weighted by molar-refractivity contribution is 8.04. The van der Waals surface area contributed by atoms with Crippen LogP contribution >= 0.6 is 11.8 Å². The van der Waals surface area contributed by atoms with Crippen molar-refractivity contribution in [2.24, 2.45) is 5.92 Å². The first-order valence-electron chi connectivity index (χ1n) is 14.6. The van der Waals surface area contributed by atoms with Gasteiger partial charge in [0.15, 0.2) is 0 Å². The third-order valence-corrected chi connectivity index (χ3v) is 10.0. The monoisotopic (exact) mass is 600 g/mol. The van der Waals surface area contributed by atoms with E-state index in [9.17, 15) is 24.1 Å². The third-order valence-electron chi connectivity index (χ3n) is 8.63. The maximum atomic E-state index is 13.9. The van der Waals surface area contributed by atoms with E-state index >= 15 is 0 Å². The normalized spacial score (nSPS) is 23.3. The Kier molecular flexibility index (Phi) is 8.47. The van der Waals surface area contributed by atoms with E-state index in [2.05, 4.69) is 4.90 Å². The summed E-state index contributed by atoms with van der Waals surface area (Å²) in [7, 11) is 0. The number of hydrogen-bond donors (Lipinski definition) is 0. The van der Waals surface area contributed by atoms with Crippen LogP contribution in [0.25, 0.3) is 6.08 Å². The molecule has 43 heavy (non-hydrogen) atoms. The van der Waals surface area contributed by atoms with Crippen LogP contribution < -0.4 is 4.90 Å². The van der Waals surface area contributed by atoms with E-state index in [-0.39, 0.29) is 40.5 Å². The Hall–Kier alpha value is -4.18. The topological polar surface area (TPSA) is 87.0 Å². The van der Waals surface area contributed by atoms with Gasteiger partial charge in [-0.1, -0.05) is 42.5 Å². The molecule has 0 bridgehead atoms. The summed E-state index contributed by atoms with van der Waals surface area (Å²) in [5.41, 5.74) is 2.79. The molecule has 2 saturated heterocycles. The number of nitrogens with zero attached hydrogens (tertiary/aromatic N) is 4. The van der Waals surface area contributed by atoms with Crippen LogP contribution in [0.15, 0.2) is 83.8 Å². The molecule has 3 unspecified atom stereocenters. The smallest absolute Gasteiger partial charge is 0.269 e. The zero-order valence-electron chi connectivity index (χ0n) is 23.7. The van der Waals surface area contributed by atoms with Gasteiger partial charge < -0.3 is 14.7 Å². The van der Waals surface area contributed by atoms with Crippen molar-refractivity contribution >= 4 is 41.0 Å². The van der Waals surface area contributed by atoms with E-state index in [0.717, 1.165) is 29.7 Å². The molecule has 0 spiro atoms. The van der Waals surface area contributed by atoms with Gasteiger partial charge in [0.2, 0.25) is 5.91 Å². The van der Waals surface area contributed by atoms with E-state index in [1.54, 1.807) is 36.0 Å². The highest BCUT2D eigenvalue weighted by Crippen LogP contribution is 2.44. The summed E-state index contributed by atoms with van der Waals surface area (Å²) in [5.74, 6) is -0.407. The largest absolute Gasteiger partial charge is 0.368 e. The second-order valence-corrected chi connectivity index (χ2v) is 12.6. The Balaban J connectivity index is 1.15. The summed E-state index contributed by atoms with van der Waals surface area (Å²) < 4.78 is 13.6. The number of fused-ring (bicyclic) bond motifs is 1.